The van der Waals surface area contributed by atoms with E-state index in [2.05, 4.69) is 28.8 Å². The summed E-state index contributed by atoms with van der Waals surface area (Å²) in [6, 6.07) is 3.85. The maximum absolute atomic E-state index is 5.53. The predicted molar refractivity (Wildman–Crippen MR) is 108 cm³/mol. The second-order valence-corrected chi connectivity index (χ2v) is 5.95. The number of aliphatic imine (C=N–C) groups is 1. The molecule has 0 unspecified atom stereocenters. The van der Waals surface area contributed by atoms with E-state index in [4.69, 9.17) is 14.2 Å². The van der Waals surface area contributed by atoms with Crippen molar-refractivity contribution in [2.75, 3.05) is 42.0 Å². The minimum absolute atomic E-state index is 0.580. The lowest BCUT2D eigenvalue weighted by atomic mass is 10.1. The van der Waals surface area contributed by atoms with Gasteiger partial charge in [-0.05, 0) is 31.4 Å². The third-order valence-electron chi connectivity index (χ3n) is 4.20. The number of allylic oxidation sites excluding steroid dienone is 1. The second kappa shape index (κ2) is 12.1. The molecular weight excluding hydrogens is 330 g/mol. The molecule has 6 heteroatoms. The summed E-state index contributed by atoms with van der Waals surface area (Å²) in [4.78, 5) is 6.51. The van der Waals surface area contributed by atoms with Gasteiger partial charge in [-0.3, -0.25) is 4.99 Å². The first-order valence-corrected chi connectivity index (χ1v) is 8.93. The van der Waals surface area contributed by atoms with Gasteiger partial charge in [0.05, 0.1) is 21.3 Å². The fourth-order valence-electron chi connectivity index (χ4n) is 2.78. The minimum atomic E-state index is 0.580. The minimum Gasteiger partial charge on any atom is -0.493 e. The summed E-state index contributed by atoms with van der Waals surface area (Å²) in [7, 11) is 8.69. The van der Waals surface area contributed by atoms with Crippen molar-refractivity contribution < 1.29 is 14.2 Å². The highest BCUT2D eigenvalue weighted by Gasteiger charge is 2.16. The number of unbranched alkanes of at least 4 members (excludes halogenated alkanes) is 3. The Morgan fingerprint density at radius 3 is 2.42 bits per heavy atom. The smallest absolute Gasteiger partial charge is 0.203 e. The zero-order valence-corrected chi connectivity index (χ0v) is 16.8. The van der Waals surface area contributed by atoms with E-state index in [-0.39, 0.29) is 0 Å². The fraction of sp³-hybridized carbons (Fsp3) is 0.550. The molecule has 1 N–H and O–H groups in total. The summed E-state index contributed by atoms with van der Waals surface area (Å²) in [6.45, 7) is 5.30. The first-order valence-electron chi connectivity index (χ1n) is 8.93. The maximum atomic E-state index is 5.53. The normalized spacial score (nSPS) is 11.0. The summed E-state index contributed by atoms with van der Waals surface area (Å²) in [5.74, 6) is 2.77. The Hall–Kier alpha value is -2.37. The number of benzene rings is 1. The number of ether oxygens (including phenoxy) is 3. The average molecular weight is 364 g/mol. The molecule has 0 radical (unpaired) electrons. The fourth-order valence-corrected chi connectivity index (χ4v) is 2.78. The molecule has 0 spiro atoms. The molecule has 0 atom stereocenters. The zero-order chi connectivity index (χ0) is 19.4. The van der Waals surface area contributed by atoms with Gasteiger partial charge in [0.1, 0.15) is 0 Å². The maximum Gasteiger partial charge on any atom is 0.203 e. The lowest BCUT2D eigenvalue weighted by Gasteiger charge is -2.23. The lowest BCUT2D eigenvalue weighted by molar-refractivity contribution is 0.322. The van der Waals surface area contributed by atoms with E-state index in [1.165, 1.54) is 12.8 Å². The number of hydrogen-bond donors (Lipinski definition) is 1. The molecule has 1 aromatic rings. The molecule has 1 aromatic carbocycles. The SMILES string of the molecule is C=CCCCCCN(C)C(=NC)NCc1ccc(OC)c(OC)c1OC. The highest BCUT2D eigenvalue weighted by Crippen LogP contribution is 2.39. The second-order valence-electron chi connectivity index (χ2n) is 5.95. The molecule has 0 aliphatic heterocycles. The standard InChI is InChI=1S/C20H33N3O3/c1-7-8-9-10-11-14-23(3)20(21-2)22-15-16-12-13-17(24-4)19(26-6)18(16)25-5/h7,12-13H,1,8-11,14-15H2,2-6H3,(H,21,22). The van der Waals surface area contributed by atoms with Crippen LogP contribution in [0, 0.1) is 0 Å². The van der Waals surface area contributed by atoms with E-state index in [0.717, 1.165) is 30.9 Å². The van der Waals surface area contributed by atoms with Gasteiger partial charge in [-0.15, -0.1) is 6.58 Å². The Bertz CT molecular complexity index is 588. The van der Waals surface area contributed by atoms with Crippen LogP contribution in [0.4, 0.5) is 0 Å². The van der Waals surface area contributed by atoms with Crippen molar-refractivity contribution in [1.82, 2.24) is 10.2 Å². The molecule has 0 aromatic heterocycles. The van der Waals surface area contributed by atoms with Crippen molar-refractivity contribution in [3.8, 4) is 17.2 Å². The number of nitrogens with zero attached hydrogens (tertiary/aromatic N) is 2. The quantitative estimate of drug-likeness (QED) is 0.282. The van der Waals surface area contributed by atoms with Gasteiger partial charge in [0.25, 0.3) is 0 Å². The Labute approximate surface area is 157 Å². The molecule has 0 heterocycles. The molecule has 0 saturated heterocycles. The van der Waals surface area contributed by atoms with Crippen LogP contribution in [0.25, 0.3) is 0 Å². The third kappa shape index (κ3) is 6.17. The van der Waals surface area contributed by atoms with E-state index in [1.54, 1.807) is 28.4 Å². The van der Waals surface area contributed by atoms with E-state index in [9.17, 15) is 0 Å². The van der Waals surface area contributed by atoms with Crippen molar-refractivity contribution in [2.24, 2.45) is 4.99 Å². The van der Waals surface area contributed by atoms with Gasteiger partial charge in [-0.25, -0.2) is 0 Å². The van der Waals surface area contributed by atoms with Crippen LogP contribution in [-0.4, -0.2) is 52.8 Å². The van der Waals surface area contributed by atoms with Crippen LogP contribution in [0.1, 0.15) is 31.2 Å². The van der Waals surface area contributed by atoms with Crippen LogP contribution in [-0.2, 0) is 6.54 Å². The first kappa shape index (κ1) is 21.7. The van der Waals surface area contributed by atoms with Crippen molar-refractivity contribution in [1.29, 1.82) is 0 Å². The van der Waals surface area contributed by atoms with Gasteiger partial charge in [0.15, 0.2) is 17.5 Å². The number of rotatable bonds is 11. The van der Waals surface area contributed by atoms with E-state index < -0.39 is 0 Å². The summed E-state index contributed by atoms with van der Waals surface area (Å²) < 4.78 is 16.3. The van der Waals surface area contributed by atoms with Crippen LogP contribution >= 0.6 is 0 Å². The molecule has 0 bridgehead atoms. The molecule has 0 aliphatic rings. The number of hydrogen-bond acceptors (Lipinski definition) is 4. The van der Waals surface area contributed by atoms with Crippen LogP contribution in [0.3, 0.4) is 0 Å². The molecule has 0 amide bonds. The molecule has 0 aliphatic carbocycles. The van der Waals surface area contributed by atoms with E-state index in [0.29, 0.717) is 23.8 Å². The monoisotopic (exact) mass is 363 g/mol. The largest absolute Gasteiger partial charge is 0.493 e. The molecule has 6 nitrogen and oxygen atoms in total. The summed E-state index contributed by atoms with van der Waals surface area (Å²) >= 11 is 0. The van der Waals surface area contributed by atoms with E-state index in [1.807, 2.05) is 18.2 Å². The highest BCUT2D eigenvalue weighted by atomic mass is 16.5. The highest BCUT2D eigenvalue weighted by molar-refractivity contribution is 5.79. The molecular formula is C20H33N3O3. The number of methoxy groups -OCH3 is 3. The van der Waals surface area contributed by atoms with Crippen molar-refractivity contribution in [2.45, 2.75) is 32.2 Å². The third-order valence-corrected chi connectivity index (χ3v) is 4.20. The summed E-state index contributed by atoms with van der Waals surface area (Å²) in [5, 5.41) is 3.38. The number of guanidine groups is 1. The zero-order valence-electron chi connectivity index (χ0n) is 16.8. The van der Waals surface area contributed by atoms with Gasteiger partial charge in [0.2, 0.25) is 5.75 Å². The van der Waals surface area contributed by atoms with Crippen LogP contribution in [0.2, 0.25) is 0 Å². The first-order chi connectivity index (χ1) is 12.6. The molecule has 26 heavy (non-hydrogen) atoms. The predicted octanol–water partition coefficient (Wildman–Crippen LogP) is 3.47. The number of nitrogens with one attached hydrogen (secondary N) is 1. The van der Waals surface area contributed by atoms with Crippen molar-refractivity contribution in [3.05, 3.63) is 30.4 Å². The summed E-state index contributed by atoms with van der Waals surface area (Å²) in [5.41, 5.74) is 0.977. The van der Waals surface area contributed by atoms with Gasteiger partial charge in [0, 0.05) is 32.7 Å². The van der Waals surface area contributed by atoms with Gasteiger partial charge >= 0.3 is 0 Å². The van der Waals surface area contributed by atoms with Crippen LogP contribution < -0.4 is 19.5 Å². The topological polar surface area (TPSA) is 55.3 Å². The summed E-state index contributed by atoms with van der Waals surface area (Å²) in [6.07, 6.45) is 6.56. The molecule has 0 fully saturated rings. The van der Waals surface area contributed by atoms with E-state index >= 15 is 0 Å². The molecule has 1 rings (SSSR count). The Balaban J connectivity index is 2.69. The van der Waals surface area contributed by atoms with Crippen molar-refractivity contribution >= 4 is 5.96 Å². The Morgan fingerprint density at radius 1 is 1.12 bits per heavy atom. The Morgan fingerprint density at radius 2 is 1.85 bits per heavy atom. The van der Waals surface area contributed by atoms with Gasteiger partial charge < -0.3 is 24.4 Å². The molecule has 146 valence electrons. The lowest BCUT2D eigenvalue weighted by Crippen LogP contribution is -2.39. The van der Waals surface area contributed by atoms with Crippen LogP contribution in [0.15, 0.2) is 29.8 Å². The van der Waals surface area contributed by atoms with Gasteiger partial charge in [-0.2, -0.15) is 0 Å². The molecule has 0 saturated carbocycles. The van der Waals surface area contributed by atoms with Crippen molar-refractivity contribution in [3.63, 3.8) is 0 Å². The Kier molecular flexibility index (Phi) is 10.1. The average Bonchev–Trinajstić information content (AvgIpc) is 2.67. The van der Waals surface area contributed by atoms with Gasteiger partial charge in [-0.1, -0.05) is 12.5 Å². The van der Waals surface area contributed by atoms with Crippen LogP contribution in [0.5, 0.6) is 17.2 Å².